The molecule has 0 saturated heterocycles. The van der Waals surface area contributed by atoms with Crippen LogP contribution in [0.1, 0.15) is 41.0 Å². The van der Waals surface area contributed by atoms with E-state index in [9.17, 15) is 4.79 Å². The average molecular weight is 347 g/mol. The zero-order chi connectivity index (χ0) is 17.1. The number of primary amides is 1. The lowest BCUT2D eigenvalue weighted by Gasteiger charge is -2.29. The number of hydrogen-bond acceptors (Lipinski definition) is 8. The number of rotatable bonds is 5. The highest BCUT2D eigenvalue weighted by Crippen LogP contribution is 2.26. The van der Waals surface area contributed by atoms with E-state index in [4.69, 9.17) is 11.5 Å². The van der Waals surface area contributed by atoms with Gasteiger partial charge in [0.1, 0.15) is 0 Å². The highest BCUT2D eigenvalue weighted by molar-refractivity contribution is 7.16. The van der Waals surface area contributed by atoms with Gasteiger partial charge in [0, 0.05) is 17.0 Å². The van der Waals surface area contributed by atoms with E-state index >= 15 is 0 Å². The van der Waals surface area contributed by atoms with Crippen LogP contribution in [0.15, 0.2) is 12.1 Å². The fourth-order valence-electron chi connectivity index (χ4n) is 2.76. The van der Waals surface area contributed by atoms with Gasteiger partial charge in [-0.1, -0.05) is 12.8 Å². The molecule has 1 aliphatic carbocycles. The Kier molecular flexibility index (Phi) is 4.91. The molecule has 2 aromatic rings. The van der Waals surface area contributed by atoms with Crippen molar-refractivity contribution < 1.29 is 4.79 Å². The summed E-state index contributed by atoms with van der Waals surface area (Å²) in [6, 6.07) is 4.06. The van der Waals surface area contributed by atoms with E-state index in [-0.39, 0.29) is 17.8 Å². The number of aryl methyl sites for hydroxylation is 1. The van der Waals surface area contributed by atoms with Crippen LogP contribution in [0, 0.1) is 6.92 Å². The molecule has 1 saturated carbocycles. The van der Waals surface area contributed by atoms with Crippen molar-refractivity contribution in [2.75, 3.05) is 10.6 Å². The first kappa shape index (κ1) is 16.6. The number of aromatic nitrogens is 3. The first-order valence-electron chi connectivity index (χ1n) is 7.93. The molecule has 1 fully saturated rings. The second-order valence-corrected chi connectivity index (χ2v) is 7.22. The third-order valence-electron chi connectivity index (χ3n) is 4.04. The van der Waals surface area contributed by atoms with Crippen LogP contribution in [-0.4, -0.2) is 33.2 Å². The summed E-state index contributed by atoms with van der Waals surface area (Å²) in [6.07, 6.45) is 4.21. The summed E-state index contributed by atoms with van der Waals surface area (Å²) in [6.45, 7) is 2.00. The van der Waals surface area contributed by atoms with E-state index in [0.29, 0.717) is 11.8 Å². The van der Waals surface area contributed by atoms with Crippen molar-refractivity contribution >= 4 is 34.0 Å². The summed E-state index contributed by atoms with van der Waals surface area (Å²) in [5.74, 6) is -0.0314. The lowest BCUT2D eigenvalue weighted by atomic mass is 9.91. The van der Waals surface area contributed by atoms with Crippen LogP contribution in [0.4, 0.5) is 16.8 Å². The fraction of sp³-hybridized carbons (Fsp3) is 0.467. The van der Waals surface area contributed by atoms with E-state index in [1.54, 1.807) is 11.3 Å². The Morgan fingerprint density at radius 1 is 1.29 bits per heavy atom. The predicted octanol–water partition coefficient (Wildman–Crippen LogP) is 1.77. The number of nitrogens with zero attached hydrogens (tertiary/aromatic N) is 3. The van der Waals surface area contributed by atoms with Gasteiger partial charge in [0.2, 0.25) is 5.95 Å². The van der Waals surface area contributed by atoms with E-state index < -0.39 is 5.91 Å². The fourth-order valence-corrected chi connectivity index (χ4v) is 3.53. The molecule has 128 valence electrons. The van der Waals surface area contributed by atoms with Crippen molar-refractivity contribution in [1.82, 2.24) is 15.2 Å². The monoisotopic (exact) mass is 347 g/mol. The van der Waals surface area contributed by atoms with Gasteiger partial charge in [-0.2, -0.15) is 4.98 Å². The van der Waals surface area contributed by atoms with Crippen molar-refractivity contribution in [1.29, 1.82) is 0 Å². The van der Waals surface area contributed by atoms with Gasteiger partial charge in [-0.05, 0) is 31.9 Å². The van der Waals surface area contributed by atoms with Gasteiger partial charge in [-0.3, -0.25) is 4.79 Å². The first-order valence-corrected chi connectivity index (χ1v) is 8.74. The Balaban J connectivity index is 1.83. The van der Waals surface area contributed by atoms with E-state index in [2.05, 4.69) is 25.8 Å². The molecular weight excluding hydrogens is 326 g/mol. The highest BCUT2D eigenvalue weighted by atomic mass is 32.1. The van der Waals surface area contributed by atoms with E-state index in [1.807, 2.05) is 19.1 Å². The van der Waals surface area contributed by atoms with Crippen molar-refractivity contribution in [2.24, 2.45) is 11.5 Å². The first-order chi connectivity index (χ1) is 11.5. The summed E-state index contributed by atoms with van der Waals surface area (Å²) in [5.41, 5.74) is 11.5. The van der Waals surface area contributed by atoms with Gasteiger partial charge in [-0.25, -0.2) is 0 Å². The maximum atomic E-state index is 11.6. The predicted molar refractivity (Wildman–Crippen MR) is 94.5 cm³/mol. The number of carbonyl (C=O) groups is 1. The van der Waals surface area contributed by atoms with E-state index in [1.165, 1.54) is 0 Å². The zero-order valence-electron chi connectivity index (χ0n) is 13.5. The Labute approximate surface area is 144 Å². The molecule has 0 spiro atoms. The molecule has 0 bridgehead atoms. The Morgan fingerprint density at radius 2 is 2.08 bits per heavy atom. The van der Waals surface area contributed by atoms with Crippen LogP contribution in [0.2, 0.25) is 0 Å². The van der Waals surface area contributed by atoms with Crippen LogP contribution >= 0.6 is 11.3 Å². The number of carbonyl (C=O) groups excluding carboxylic acids is 1. The van der Waals surface area contributed by atoms with Crippen molar-refractivity contribution in [3.05, 3.63) is 22.7 Å². The van der Waals surface area contributed by atoms with Crippen LogP contribution in [-0.2, 0) is 0 Å². The van der Waals surface area contributed by atoms with Crippen LogP contribution in [0.5, 0.6) is 0 Å². The minimum absolute atomic E-state index is 0.0135. The lowest BCUT2D eigenvalue weighted by Crippen LogP contribution is -2.43. The Bertz CT molecular complexity index is 732. The molecule has 0 unspecified atom stereocenters. The summed E-state index contributed by atoms with van der Waals surface area (Å²) in [5, 5.41) is 15.1. The summed E-state index contributed by atoms with van der Waals surface area (Å²) >= 11 is 1.55. The molecule has 1 amide bonds. The molecule has 6 N–H and O–H groups in total. The molecule has 0 aliphatic heterocycles. The second-order valence-electron chi connectivity index (χ2n) is 5.93. The Morgan fingerprint density at radius 3 is 2.75 bits per heavy atom. The van der Waals surface area contributed by atoms with Gasteiger partial charge in [0.25, 0.3) is 5.91 Å². The number of nitrogens with one attached hydrogen (secondary N) is 2. The van der Waals surface area contributed by atoms with Gasteiger partial charge >= 0.3 is 0 Å². The molecule has 2 heterocycles. The third-order valence-corrected chi connectivity index (χ3v) is 4.95. The van der Waals surface area contributed by atoms with Crippen molar-refractivity contribution in [3.63, 3.8) is 0 Å². The number of amides is 1. The summed E-state index contributed by atoms with van der Waals surface area (Å²) in [4.78, 5) is 17.1. The van der Waals surface area contributed by atoms with Gasteiger partial charge < -0.3 is 22.1 Å². The molecule has 8 nitrogen and oxygen atoms in total. The van der Waals surface area contributed by atoms with Gasteiger partial charge in [0.15, 0.2) is 11.5 Å². The molecular formula is C15H21N7OS. The zero-order valence-corrected chi connectivity index (χ0v) is 14.3. The van der Waals surface area contributed by atoms with Crippen LogP contribution in [0.3, 0.4) is 0 Å². The maximum absolute atomic E-state index is 11.6. The number of nitrogens with two attached hydrogens (primary N) is 2. The summed E-state index contributed by atoms with van der Waals surface area (Å²) < 4.78 is 0. The summed E-state index contributed by atoms with van der Waals surface area (Å²) in [7, 11) is 0. The molecule has 9 heteroatoms. The largest absolute Gasteiger partial charge is 0.364 e. The SMILES string of the molecule is Cc1ccc(Nc2nc(N[C@@H]3CCCC[C@@H]3N)nnc2C(N)=O)s1. The minimum atomic E-state index is -0.674. The smallest absolute Gasteiger partial charge is 0.273 e. The van der Waals surface area contributed by atoms with Crippen molar-refractivity contribution in [3.8, 4) is 0 Å². The molecule has 2 aromatic heterocycles. The van der Waals surface area contributed by atoms with Crippen LogP contribution < -0.4 is 22.1 Å². The highest BCUT2D eigenvalue weighted by Gasteiger charge is 2.23. The maximum Gasteiger partial charge on any atom is 0.273 e. The van der Waals surface area contributed by atoms with Gasteiger partial charge in [-0.15, -0.1) is 21.5 Å². The number of anilines is 3. The number of thiophene rings is 1. The minimum Gasteiger partial charge on any atom is -0.364 e. The number of hydrogen-bond donors (Lipinski definition) is 4. The van der Waals surface area contributed by atoms with E-state index in [0.717, 1.165) is 35.6 Å². The Hall–Kier alpha value is -2.26. The molecule has 1 aliphatic rings. The second kappa shape index (κ2) is 7.10. The normalized spacial score (nSPS) is 20.6. The lowest BCUT2D eigenvalue weighted by molar-refractivity contribution is 0.0995. The quantitative estimate of drug-likeness (QED) is 0.648. The molecule has 3 rings (SSSR count). The van der Waals surface area contributed by atoms with Crippen molar-refractivity contribution in [2.45, 2.75) is 44.7 Å². The van der Waals surface area contributed by atoms with Crippen LogP contribution in [0.25, 0.3) is 0 Å². The molecule has 2 atom stereocenters. The topological polar surface area (TPSA) is 132 Å². The van der Waals surface area contributed by atoms with Gasteiger partial charge in [0.05, 0.1) is 5.00 Å². The molecule has 24 heavy (non-hydrogen) atoms. The average Bonchev–Trinajstić information content (AvgIpc) is 2.94. The molecule has 0 aromatic carbocycles. The molecule has 0 radical (unpaired) electrons. The third kappa shape index (κ3) is 3.80. The standard InChI is InChI=1S/C15H21N7OS/c1-8-6-7-11(24-8)19-14-12(13(17)23)21-22-15(20-14)18-10-5-3-2-4-9(10)16/h6-7,9-10H,2-5,16H2,1H3,(H2,17,23)(H2,18,19,20,22)/t9-,10+/m0/s1.